The minimum Gasteiger partial charge on any atom is -0.465 e. The molecule has 1 saturated heterocycles. The summed E-state index contributed by atoms with van der Waals surface area (Å²) in [4.78, 5) is 39.3. The Hall–Kier alpha value is -3.75. The minimum absolute atomic E-state index is 0.267. The van der Waals surface area contributed by atoms with Gasteiger partial charge < -0.3 is 18.8 Å². The Kier molecular flexibility index (Phi) is 13.7. The fraction of sp³-hybridized carbons (Fsp3) is 0.543. The van der Waals surface area contributed by atoms with Crippen LogP contribution in [-0.4, -0.2) is 50.8 Å². The van der Waals surface area contributed by atoms with Crippen molar-refractivity contribution < 1.29 is 33.2 Å². The van der Waals surface area contributed by atoms with Gasteiger partial charge >= 0.3 is 19.1 Å². The summed E-state index contributed by atoms with van der Waals surface area (Å²) >= 11 is 0. The highest BCUT2D eigenvalue weighted by atomic mass is 16.7. The molecule has 0 atom stereocenters. The second-order valence-electron chi connectivity index (χ2n) is 16.4. The zero-order valence-corrected chi connectivity index (χ0v) is 34.0. The predicted molar refractivity (Wildman–Crippen MR) is 218 cm³/mol. The summed E-state index contributed by atoms with van der Waals surface area (Å²) in [6, 6.07) is 15.9. The molecule has 1 fully saturated rings. The molecule has 2 aliphatic rings. The number of carbonyl (C=O) groups is 3. The Labute approximate surface area is 324 Å². The van der Waals surface area contributed by atoms with Crippen LogP contribution in [0.25, 0.3) is 22.3 Å². The molecule has 0 spiro atoms. The molecule has 1 aliphatic carbocycles. The van der Waals surface area contributed by atoms with E-state index in [2.05, 4.69) is 38.1 Å². The number of unbranched alkanes of at least 4 members (excludes halogenated alkanes) is 10. The highest BCUT2D eigenvalue weighted by Crippen LogP contribution is 2.55. The summed E-state index contributed by atoms with van der Waals surface area (Å²) < 4.78 is 23.4. The van der Waals surface area contributed by atoms with Gasteiger partial charge in [0, 0.05) is 11.0 Å². The first-order chi connectivity index (χ1) is 25.9. The summed E-state index contributed by atoms with van der Waals surface area (Å²) in [5, 5.41) is 0. The fourth-order valence-corrected chi connectivity index (χ4v) is 8.42. The van der Waals surface area contributed by atoms with Gasteiger partial charge in [0.05, 0.1) is 36.5 Å². The van der Waals surface area contributed by atoms with E-state index in [0.717, 1.165) is 55.9 Å². The van der Waals surface area contributed by atoms with E-state index in [-0.39, 0.29) is 11.0 Å². The zero-order chi connectivity index (χ0) is 39.1. The van der Waals surface area contributed by atoms with E-state index in [1.165, 1.54) is 82.3 Å². The lowest BCUT2D eigenvalue weighted by Gasteiger charge is -2.33. The maximum atomic E-state index is 13.6. The molecule has 0 bridgehead atoms. The molecule has 0 amide bonds. The van der Waals surface area contributed by atoms with Crippen LogP contribution in [0.5, 0.6) is 0 Å². The summed E-state index contributed by atoms with van der Waals surface area (Å²) in [5.74, 6) is -1.07. The summed E-state index contributed by atoms with van der Waals surface area (Å²) in [6.45, 7) is 12.3. The van der Waals surface area contributed by atoms with Crippen molar-refractivity contribution in [2.75, 3.05) is 14.2 Å². The van der Waals surface area contributed by atoms with Gasteiger partial charge in [0.25, 0.3) is 0 Å². The topological polar surface area (TPSA) is 88.1 Å². The number of rotatable bonds is 19. The van der Waals surface area contributed by atoms with E-state index in [1.54, 1.807) is 12.1 Å². The highest BCUT2D eigenvalue weighted by Gasteiger charge is 2.53. The zero-order valence-electron chi connectivity index (χ0n) is 34.0. The summed E-state index contributed by atoms with van der Waals surface area (Å²) in [6.07, 6.45) is 17.2. The molecular formula is C46H61BO7. The largest absolute Gasteiger partial charge is 0.495 e. The first-order valence-electron chi connectivity index (χ1n) is 20.3. The monoisotopic (exact) mass is 736 g/mol. The van der Waals surface area contributed by atoms with Crippen molar-refractivity contribution in [3.63, 3.8) is 0 Å². The first-order valence-corrected chi connectivity index (χ1v) is 20.3. The van der Waals surface area contributed by atoms with Crippen molar-refractivity contribution in [1.29, 1.82) is 0 Å². The van der Waals surface area contributed by atoms with Gasteiger partial charge in [-0.3, -0.25) is 4.79 Å². The maximum absolute atomic E-state index is 13.6. The van der Waals surface area contributed by atoms with Crippen LogP contribution in [-0.2, 0) is 24.2 Å². The number of hydrogen-bond donors (Lipinski definition) is 0. The first kappa shape index (κ1) is 41.4. The third-order valence-electron chi connectivity index (χ3n) is 12.3. The van der Waals surface area contributed by atoms with Gasteiger partial charge in [-0.1, -0.05) is 115 Å². The lowest BCUT2D eigenvalue weighted by molar-refractivity contribution is 0.00578. The number of esters is 2. The molecule has 0 N–H and O–H groups in total. The molecule has 0 unspecified atom stereocenters. The average Bonchev–Trinajstić information content (AvgIpc) is 3.56. The predicted octanol–water partition coefficient (Wildman–Crippen LogP) is 10.8. The van der Waals surface area contributed by atoms with Crippen molar-refractivity contribution >= 4 is 30.8 Å². The Morgan fingerprint density at radius 1 is 0.630 bits per heavy atom. The fourth-order valence-electron chi connectivity index (χ4n) is 8.42. The van der Waals surface area contributed by atoms with Crippen molar-refractivity contribution in [3.05, 3.63) is 76.3 Å². The molecule has 7 nitrogen and oxygen atoms in total. The number of fused-ring (bicyclic) bond motifs is 3. The molecule has 1 heterocycles. The number of ether oxygens (including phenoxy) is 2. The molecule has 0 radical (unpaired) electrons. The van der Waals surface area contributed by atoms with Gasteiger partial charge in [0.15, 0.2) is 0 Å². The van der Waals surface area contributed by atoms with Gasteiger partial charge in [0.1, 0.15) is 6.29 Å². The van der Waals surface area contributed by atoms with Gasteiger partial charge in [-0.05, 0) is 104 Å². The Balaban J connectivity index is 1.67. The number of carbonyl (C=O) groups excluding carboxylic acids is 3. The molecule has 3 aromatic rings. The van der Waals surface area contributed by atoms with Gasteiger partial charge in [0.2, 0.25) is 0 Å². The van der Waals surface area contributed by atoms with E-state index in [9.17, 15) is 14.4 Å². The number of hydrogen-bond acceptors (Lipinski definition) is 7. The summed E-state index contributed by atoms with van der Waals surface area (Å²) in [5.41, 5.74) is 6.19. The van der Waals surface area contributed by atoms with E-state index < -0.39 is 30.3 Å². The van der Waals surface area contributed by atoms with Crippen LogP contribution >= 0.6 is 0 Å². The summed E-state index contributed by atoms with van der Waals surface area (Å²) in [7, 11) is 1.82. The van der Waals surface area contributed by atoms with E-state index in [0.29, 0.717) is 22.2 Å². The molecule has 8 heteroatoms. The number of methoxy groups -OCH3 is 2. The highest BCUT2D eigenvalue weighted by molar-refractivity contribution is 6.63. The van der Waals surface area contributed by atoms with Crippen LogP contribution in [0.4, 0.5) is 0 Å². The molecule has 0 saturated carbocycles. The van der Waals surface area contributed by atoms with E-state index in [1.807, 2.05) is 39.8 Å². The second kappa shape index (κ2) is 17.8. The van der Waals surface area contributed by atoms with Gasteiger partial charge in [-0.15, -0.1) is 0 Å². The average molecular weight is 737 g/mol. The van der Waals surface area contributed by atoms with Crippen LogP contribution < -0.4 is 5.46 Å². The van der Waals surface area contributed by atoms with Crippen molar-refractivity contribution in [2.24, 2.45) is 0 Å². The van der Waals surface area contributed by atoms with Crippen LogP contribution in [0, 0.1) is 0 Å². The van der Waals surface area contributed by atoms with Crippen LogP contribution in [0.1, 0.15) is 174 Å². The van der Waals surface area contributed by atoms with Gasteiger partial charge in [-0.2, -0.15) is 0 Å². The normalized spacial score (nSPS) is 16.2. The Morgan fingerprint density at radius 2 is 1.13 bits per heavy atom. The maximum Gasteiger partial charge on any atom is 0.495 e. The molecule has 5 rings (SSSR count). The molecule has 1 aliphatic heterocycles. The molecule has 0 aromatic heterocycles. The number of benzene rings is 3. The molecule has 3 aromatic carbocycles. The van der Waals surface area contributed by atoms with Crippen molar-refractivity contribution in [2.45, 2.75) is 148 Å². The van der Waals surface area contributed by atoms with Crippen molar-refractivity contribution in [1.82, 2.24) is 0 Å². The minimum atomic E-state index is -0.898. The number of aldehydes is 1. The van der Waals surface area contributed by atoms with Crippen LogP contribution in [0.2, 0.25) is 0 Å². The lowest BCUT2D eigenvalue weighted by Crippen LogP contribution is -2.41. The molecule has 290 valence electrons. The Morgan fingerprint density at radius 3 is 1.67 bits per heavy atom. The van der Waals surface area contributed by atoms with E-state index >= 15 is 0 Å². The standard InChI is InChI=1S/C46H61BO7/c1-9-11-13-15-17-19-25-46(26-20-18-16-14-12-10-2)39-27-32(31-48)21-23-34(39)35-24-22-33(28-40(35)46)36-29-38(43(50)52-8)41(30-37(36)42(49)51-7)47-53-44(3,4)45(5,6)54-47/h21-24,27-31H,9-20,25-26H2,1-8H3. The molecule has 54 heavy (non-hydrogen) atoms. The van der Waals surface area contributed by atoms with E-state index in [4.69, 9.17) is 18.8 Å². The molecular weight excluding hydrogens is 675 g/mol. The van der Waals surface area contributed by atoms with Gasteiger partial charge in [-0.25, -0.2) is 9.59 Å². The lowest BCUT2D eigenvalue weighted by atomic mass is 9.69. The Bertz CT molecular complexity index is 1780. The smallest absolute Gasteiger partial charge is 0.465 e. The SMILES string of the molecule is CCCCCCCCC1(CCCCCCCC)c2cc(C=O)ccc2-c2ccc(-c3cc(C(=O)OC)c(B4OC(C)(C)C(C)(C)O4)cc3C(=O)OC)cc21. The van der Waals surface area contributed by atoms with Crippen LogP contribution in [0.3, 0.4) is 0 Å². The quantitative estimate of drug-likeness (QED) is 0.0524. The third kappa shape index (κ3) is 8.40. The van der Waals surface area contributed by atoms with Crippen molar-refractivity contribution in [3.8, 4) is 22.3 Å². The second-order valence-corrected chi connectivity index (χ2v) is 16.4. The van der Waals surface area contributed by atoms with Crippen LogP contribution in [0.15, 0.2) is 48.5 Å². The third-order valence-corrected chi connectivity index (χ3v) is 12.3.